The van der Waals surface area contributed by atoms with Gasteiger partial charge in [0.1, 0.15) is 0 Å². The van der Waals surface area contributed by atoms with Gasteiger partial charge in [0.25, 0.3) is 0 Å². The topological polar surface area (TPSA) is 20.3 Å². The number of amides is 1. The molecule has 2 heteroatoms. The Morgan fingerprint density at radius 2 is 2.20 bits per heavy atom. The fourth-order valence-corrected chi connectivity index (χ4v) is 0.823. The third-order valence-corrected chi connectivity index (χ3v) is 1.36. The molecule has 58 valence electrons. The zero-order valence-electron chi connectivity index (χ0n) is 6.76. The van der Waals surface area contributed by atoms with E-state index in [1.807, 2.05) is 6.92 Å². The van der Waals surface area contributed by atoms with Crippen LogP contribution < -0.4 is 0 Å². The van der Waals surface area contributed by atoms with Crippen LogP contribution in [0.25, 0.3) is 0 Å². The summed E-state index contributed by atoms with van der Waals surface area (Å²) in [5.41, 5.74) is 0. The Bertz CT molecular complexity index is 120. The van der Waals surface area contributed by atoms with E-state index < -0.39 is 0 Å². The maximum atomic E-state index is 10.9. The molecular formula is C8H15NO. The van der Waals surface area contributed by atoms with Crippen molar-refractivity contribution in [3.05, 3.63) is 12.7 Å². The normalized spacial score (nSPS) is 9.00. The Hall–Kier alpha value is -0.790. The van der Waals surface area contributed by atoms with Gasteiger partial charge in [0, 0.05) is 13.1 Å². The van der Waals surface area contributed by atoms with E-state index in [-0.39, 0.29) is 5.91 Å². The van der Waals surface area contributed by atoms with Crippen LogP contribution in [0.5, 0.6) is 0 Å². The van der Waals surface area contributed by atoms with E-state index in [1.54, 1.807) is 4.90 Å². The Kier molecular flexibility index (Phi) is 4.63. The third-order valence-electron chi connectivity index (χ3n) is 1.36. The van der Waals surface area contributed by atoms with Crippen LogP contribution in [-0.4, -0.2) is 23.9 Å². The average Bonchev–Trinajstić information content (AvgIpc) is 1.99. The minimum Gasteiger partial charge on any atom is -0.339 e. The van der Waals surface area contributed by atoms with Gasteiger partial charge in [0.05, 0.1) is 0 Å². The first kappa shape index (κ1) is 9.21. The van der Waals surface area contributed by atoms with Crippen molar-refractivity contribution >= 4 is 5.91 Å². The first-order valence-corrected chi connectivity index (χ1v) is 3.67. The van der Waals surface area contributed by atoms with E-state index in [2.05, 4.69) is 13.5 Å². The van der Waals surface area contributed by atoms with Gasteiger partial charge in [-0.15, -0.1) is 0 Å². The summed E-state index contributed by atoms with van der Waals surface area (Å²) < 4.78 is 0. The molecule has 0 unspecified atom stereocenters. The molecule has 0 heterocycles. The zero-order valence-corrected chi connectivity index (χ0v) is 6.76. The molecule has 0 bridgehead atoms. The Morgan fingerprint density at radius 1 is 1.60 bits per heavy atom. The molecule has 0 atom stereocenters. The van der Waals surface area contributed by atoms with Crippen LogP contribution in [0.4, 0.5) is 0 Å². The van der Waals surface area contributed by atoms with Gasteiger partial charge in [0.2, 0.25) is 5.91 Å². The highest BCUT2D eigenvalue weighted by Gasteiger charge is 2.03. The quantitative estimate of drug-likeness (QED) is 0.542. The molecule has 10 heavy (non-hydrogen) atoms. The van der Waals surface area contributed by atoms with Crippen molar-refractivity contribution in [2.45, 2.75) is 20.3 Å². The number of hydrogen-bond acceptors (Lipinski definition) is 1. The number of likely N-dealkylation sites (N-methyl/N-ethyl adjacent to an activating group) is 1. The molecule has 0 aliphatic rings. The molecule has 0 N–H and O–H groups in total. The van der Waals surface area contributed by atoms with Crippen LogP contribution in [0, 0.1) is 0 Å². The van der Waals surface area contributed by atoms with Gasteiger partial charge < -0.3 is 4.90 Å². The van der Waals surface area contributed by atoms with Crippen LogP contribution in [-0.2, 0) is 4.79 Å². The van der Waals surface area contributed by atoms with Crippen LogP contribution >= 0.6 is 0 Å². The molecule has 0 radical (unpaired) electrons. The monoisotopic (exact) mass is 141 g/mol. The predicted octanol–water partition coefficient (Wildman–Crippen LogP) is 1.43. The number of rotatable bonds is 4. The smallest absolute Gasteiger partial charge is 0.245 e. The molecule has 0 aromatic rings. The summed E-state index contributed by atoms with van der Waals surface area (Å²) >= 11 is 0. The minimum absolute atomic E-state index is 0.0318. The van der Waals surface area contributed by atoms with E-state index in [0.29, 0.717) is 0 Å². The van der Waals surface area contributed by atoms with Crippen LogP contribution in [0.2, 0.25) is 0 Å². The molecule has 0 rings (SSSR count). The van der Waals surface area contributed by atoms with Gasteiger partial charge >= 0.3 is 0 Å². The van der Waals surface area contributed by atoms with Gasteiger partial charge in [-0.05, 0) is 19.4 Å². The molecule has 0 fully saturated rings. The van der Waals surface area contributed by atoms with Crippen molar-refractivity contribution in [2.75, 3.05) is 13.1 Å². The second-order valence-electron chi connectivity index (χ2n) is 2.12. The van der Waals surface area contributed by atoms with Crippen molar-refractivity contribution in [2.24, 2.45) is 0 Å². The summed E-state index contributed by atoms with van der Waals surface area (Å²) in [6.07, 6.45) is 2.37. The molecule has 0 spiro atoms. The fourth-order valence-electron chi connectivity index (χ4n) is 0.823. The highest BCUT2D eigenvalue weighted by molar-refractivity contribution is 5.86. The summed E-state index contributed by atoms with van der Waals surface area (Å²) in [6, 6.07) is 0. The van der Waals surface area contributed by atoms with Crippen molar-refractivity contribution in [1.29, 1.82) is 0 Å². The Morgan fingerprint density at radius 3 is 2.50 bits per heavy atom. The molecule has 0 saturated carbocycles. The number of hydrogen-bond donors (Lipinski definition) is 0. The SMILES string of the molecule is C=CC(=O)N(CC)CCC. The molecule has 2 nitrogen and oxygen atoms in total. The van der Waals surface area contributed by atoms with Gasteiger partial charge in [0.15, 0.2) is 0 Å². The standard InChI is InChI=1S/C8H15NO/c1-4-7-9(6-3)8(10)5-2/h5H,2,4,6-7H2,1,3H3. The lowest BCUT2D eigenvalue weighted by Gasteiger charge is -2.17. The molecule has 0 aliphatic carbocycles. The summed E-state index contributed by atoms with van der Waals surface area (Å²) in [6.45, 7) is 9.06. The van der Waals surface area contributed by atoms with E-state index in [9.17, 15) is 4.79 Å². The van der Waals surface area contributed by atoms with Crippen LogP contribution in [0.3, 0.4) is 0 Å². The van der Waals surface area contributed by atoms with E-state index >= 15 is 0 Å². The summed E-state index contributed by atoms with van der Waals surface area (Å²) in [5.74, 6) is 0.0318. The third kappa shape index (κ3) is 2.67. The van der Waals surface area contributed by atoms with Crippen molar-refractivity contribution in [1.82, 2.24) is 4.90 Å². The van der Waals surface area contributed by atoms with Crippen LogP contribution in [0.15, 0.2) is 12.7 Å². The van der Waals surface area contributed by atoms with Crippen molar-refractivity contribution in [3.8, 4) is 0 Å². The number of carbonyl (C=O) groups is 1. The Balaban J connectivity index is 3.79. The molecule has 0 saturated heterocycles. The molecule has 1 amide bonds. The highest BCUT2D eigenvalue weighted by atomic mass is 16.2. The summed E-state index contributed by atoms with van der Waals surface area (Å²) in [5, 5.41) is 0. The first-order valence-electron chi connectivity index (χ1n) is 3.67. The molecule has 0 aromatic heterocycles. The summed E-state index contributed by atoms with van der Waals surface area (Å²) in [4.78, 5) is 12.7. The van der Waals surface area contributed by atoms with Crippen molar-refractivity contribution in [3.63, 3.8) is 0 Å². The fraction of sp³-hybridized carbons (Fsp3) is 0.625. The van der Waals surface area contributed by atoms with E-state index in [1.165, 1.54) is 6.08 Å². The summed E-state index contributed by atoms with van der Waals surface area (Å²) in [7, 11) is 0. The van der Waals surface area contributed by atoms with Crippen LogP contribution in [0.1, 0.15) is 20.3 Å². The second kappa shape index (κ2) is 5.03. The average molecular weight is 141 g/mol. The van der Waals surface area contributed by atoms with Gasteiger partial charge in [-0.2, -0.15) is 0 Å². The lowest BCUT2D eigenvalue weighted by Crippen LogP contribution is -2.29. The Labute approximate surface area is 62.5 Å². The lowest BCUT2D eigenvalue weighted by molar-refractivity contribution is -0.125. The lowest BCUT2D eigenvalue weighted by atomic mass is 10.4. The molecule has 0 aromatic carbocycles. The number of nitrogens with zero attached hydrogens (tertiary/aromatic N) is 1. The second-order valence-corrected chi connectivity index (χ2v) is 2.12. The maximum absolute atomic E-state index is 10.9. The van der Waals surface area contributed by atoms with E-state index in [0.717, 1.165) is 19.5 Å². The predicted molar refractivity (Wildman–Crippen MR) is 42.7 cm³/mol. The largest absolute Gasteiger partial charge is 0.339 e. The van der Waals surface area contributed by atoms with Gasteiger partial charge in [-0.3, -0.25) is 4.79 Å². The van der Waals surface area contributed by atoms with Crippen molar-refractivity contribution < 1.29 is 4.79 Å². The van der Waals surface area contributed by atoms with Gasteiger partial charge in [-0.25, -0.2) is 0 Å². The first-order chi connectivity index (χ1) is 4.76. The molecule has 0 aliphatic heterocycles. The zero-order chi connectivity index (χ0) is 7.98. The maximum Gasteiger partial charge on any atom is 0.245 e. The molecular weight excluding hydrogens is 126 g/mol. The minimum atomic E-state index is 0.0318. The van der Waals surface area contributed by atoms with Gasteiger partial charge in [-0.1, -0.05) is 13.5 Å². The van der Waals surface area contributed by atoms with E-state index in [4.69, 9.17) is 0 Å². The highest BCUT2D eigenvalue weighted by Crippen LogP contribution is 1.91. The number of carbonyl (C=O) groups excluding carboxylic acids is 1.